The van der Waals surface area contributed by atoms with Crippen LogP contribution in [0, 0.1) is 27.2 Å². The first-order valence-corrected chi connectivity index (χ1v) is 18.8. The van der Waals surface area contributed by atoms with Crippen molar-refractivity contribution in [1.29, 1.82) is 0 Å². The average molecular weight is 903 g/mol. The Kier molecular flexibility index (Phi) is 9.16. The molecule has 6 atom stereocenters. The number of carbonyl (C=O) groups is 4. The first-order chi connectivity index (χ1) is 26.2. The zero-order valence-electron chi connectivity index (χ0n) is 28.5. The number of nitrogens with one attached hydrogen (secondary N) is 1. The second-order valence-electron chi connectivity index (χ2n) is 13.8. The predicted octanol–water partition coefficient (Wildman–Crippen LogP) is 7.92. The van der Waals surface area contributed by atoms with Gasteiger partial charge in [-0.05, 0) is 107 Å². The van der Waals surface area contributed by atoms with Crippen LogP contribution in [0.25, 0.3) is 0 Å². The number of carbonyl (C=O) groups excluding carboxylic acids is 4. The van der Waals surface area contributed by atoms with Crippen molar-refractivity contribution in [2.45, 2.75) is 30.4 Å². The van der Waals surface area contributed by atoms with Crippen LogP contribution in [0.1, 0.15) is 35.4 Å². The number of halogens is 6. The predicted molar refractivity (Wildman–Crippen MR) is 203 cm³/mol. The van der Waals surface area contributed by atoms with Crippen LogP contribution in [0.3, 0.4) is 0 Å². The number of pyridine rings is 1. The maximum absolute atomic E-state index is 15.3. The molecule has 1 saturated carbocycles. The summed E-state index contributed by atoms with van der Waals surface area (Å²) in [5, 5.41) is 11.2. The molecule has 282 valence electrons. The Morgan fingerprint density at radius 2 is 1.65 bits per heavy atom. The number of hydrogen-bond acceptors (Lipinski definition) is 8. The fraction of sp³-hybridized carbons (Fsp3) is 0.256. The molecule has 1 aromatic heterocycles. The van der Waals surface area contributed by atoms with Crippen LogP contribution in [0.15, 0.2) is 90.6 Å². The van der Waals surface area contributed by atoms with E-state index in [9.17, 15) is 32.7 Å². The molecule has 8 rings (SSSR count). The highest BCUT2D eigenvalue weighted by Gasteiger charge is 2.70. The van der Waals surface area contributed by atoms with Crippen molar-refractivity contribution in [1.82, 2.24) is 9.99 Å². The highest BCUT2D eigenvalue weighted by atomic mass is 127. The first kappa shape index (κ1) is 37.3. The van der Waals surface area contributed by atoms with Gasteiger partial charge in [-0.1, -0.05) is 53.1 Å². The van der Waals surface area contributed by atoms with Gasteiger partial charge in [-0.15, -0.1) is 0 Å². The summed E-state index contributed by atoms with van der Waals surface area (Å²) >= 11 is 14.7. The third-order valence-corrected chi connectivity index (χ3v) is 12.4. The molecular weight excluding hydrogens is 875 g/mol. The number of hydrazine groups is 1. The number of phenols is 1. The summed E-state index contributed by atoms with van der Waals surface area (Å²) in [6.45, 7) is 0. The van der Waals surface area contributed by atoms with Crippen LogP contribution >= 0.6 is 45.8 Å². The largest absolute Gasteiger partial charge is 0.504 e. The van der Waals surface area contributed by atoms with Gasteiger partial charge in [0.15, 0.2) is 17.3 Å². The van der Waals surface area contributed by atoms with E-state index in [1.165, 1.54) is 18.1 Å². The number of aromatic nitrogens is 1. The minimum absolute atomic E-state index is 0.0438. The monoisotopic (exact) mass is 902 g/mol. The van der Waals surface area contributed by atoms with Gasteiger partial charge in [-0.25, -0.2) is 4.98 Å². The molecule has 55 heavy (non-hydrogen) atoms. The minimum Gasteiger partial charge on any atom is -0.504 e. The molecule has 3 heterocycles. The van der Waals surface area contributed by atoms with E-state index in [1.54, 1.807) is 60.7 Å². The number of ether oxygens (including phenoxy) is 1. The molecule has 2 aliphatic heterocycles. The van der Waals surface area contributed by atoms with Crippen LogP contribution in [0.5, 0.6) is 11.5 Å². The summed E-state index contributed by atoms with van der Waals surface area (Å²) in [7, 11) is 1.36. The summed E-state index contributed by atoms with van der Waals surface area (Å²) in [5.74, 6) is -7.29. The molecule has 2 saturated heterocycles. The van der Waals surface area contributed by atoms with E-state index in [-0.39, 0.29) is 36.1 Å². The number of imide groups is 2. The van der Waals surface area contributed by atoms with Crippen molar-refractivity contribution in [2.75, 3.05) is 17.4 Å². The summed E-state index contributed by atoms with van der Waals surface area (Å²) in [5.41, 5.74) is 1.65. The Balaban J connectivity index is 1.32. The zero-order valence-corrected chi connectivity index (χ0v) is 32.2. The Hall–Kier alpha value is -4.67. The lowest BCUT2D eigenvalue weighted by molar-refractivity contribution is -0.139. The second kappa shape index (κ2) is 13.5. The van der Waals surface area contributed by atoms with E-state index in [0.717, 1.165) is 8.58 Å². The second-order valence-corrected chi connectivity index (χ2v) is 15.9. The lowest BCUT2D eigenvalue weighted by Crippen LogP contribution is -2.53. The maximum atomic E-state index is 15.3. The molecule has 2 N–H and O–H groups in total. The van der Waals surface area contributed by atoms with Crippen molar-refractivity contribution in [2.24, 2.45) is 23.7 Å². The number of nitrogens with zero attached hydrogens (tertiary/aromatic N) is 3. The smallest absolute Gasteiger partial charge is 0.417 e. The third-order valence-electron chi connectivity index (χ3n) is 11.2. The molecule has 4 aliphatic rings. The van der Waals surface area contributed by atoms with E-state index >= 15 is 4.79 Å². The van der Waals surface area contributed by atoms with E-state index < -0.39 is 69.5 Å². The molecule has 16 heteroatoms. The van der Waals surface area contributed by atoms with Crippen molar-refractivity contribution in [3.8, 4) is 11.5 Å². The number of allylic oxidation sites excluding steroid dienone is 2. The Labute approximate surface area is 335 Å². The van der Waals surface area contributed by atoms with Crippen molar-refractivity contribution in [3.63, 3.8) is 0 Å². The summed E-state index contributed by atoms with van der Waals surface area (Å²) in [4.78, 5) is 63.6. The van der Waals surface area contributed by atoms with Gasteiger partial charge in [-0.3, -0.25) is 29.5 Å². The van der Waals surface area contributed by atoms with Crippen LogP contribution in [0.4, 0.5) is 24.7 Å². The van der Waals surface area contributed by atoms with E-state index in [2.05, 4.69) is 33.0 Å². The van der Waals surface area contributed by atoms with Gasteiger partial charge in [0.1, 0.15) is 0 Å². The van der Waals surface area contributed by atoms with Crippen LogP contribution in [-0.2, 0) is 30.8 Å². The molecule has 2 aliphatic carbocycles. The normalized spacial score (nSPS) is 26.1. The fourth-order valence-electron chi connectivity index (χ4n) is 8.88. The molecule has 4 amide bonds. The van der Waals surface area contributed by atoms with Gasteiger partial charge in [0, 0.05) is 20.7 Å². The quantitative estimate of drug-likeness (QED) is 0.114. The fourth-order valence-corrected chi connectivity index (χ4v) is 9.57. The highest BCUT2D eigenvalue weighted by molar-refractivity contribution is 14.1. The number of benzene rings is 3. The van der Waals surface area contributed by atoms with Gasteiger partial charge in [0.25, 0.3) is 11.8 Å². The molecular formula is C39H28Cl2F3IN4O6. The number of fused-ring (bicyclic) bond motifs is 4. The number of hydrogen-bond donors (Lipinski definition) is 2. The van der Waals surface area contributed by atoms with Gasteiger partial charge in [0.05, 0.1) is 46.6 Å². The van der Waals surface area contributed by atoms with Crippen molar-refractivity contribution < 1.29 is 42.2 Å². The average Bonchev–Trinajstić information content (AvgIpc) is 3.53. The lowest BCUT2D eigenvalue weighted by atomic mass is 9.49. The SMILES string of the molecule is COc1cc(C2C3=CCC4C(=O)N(c5ccc(I)cc5)C(=O)C4C3CC3C(=O)N(Nc4ncc(C(F)(F)F)cc4Cl)C(=O)C32c2ccc(Cl)cc2)ccc1O. The Bertz CT molecular complexity index is 2330. The summed E-state index contributed by atoms with van der Waals surface area (Å²) in [6, 6.07) is 18.6. The molecule has 10 nitrogen and oxygen atoms in total. The molecule has 0 spiro atoms. The maximum Gasteiger partial charge on any atom is 0.417 e. The summed E-state index contributed by atoms with van der Waals surface area (Å²) in [6.07, 6.45) is -2.22. The Morgan fingerprint density at radius 3 is 2.31 bits per heavy atom. The van der Waals surface area contributed by atoms with Crippen molar-refractivity contribution >= 4 is 80.9 Å². The van der Waals surface area contributed by atoms with Gasteiger partial charge < -0.3 is 9.84 Å². The number of rotatable bonds is 6. The molecule has 6 unspecified atom stereocenters. The van der Waals surface area contributed by atoms with Gasteiger partial charge in [-0.2, -0.15) is 18.2 Å². The van der Waals surface area contributed by atoms with Crippen LogP contribution in [-0.4, -0.2) is 45.8 Å². The van der Waals surface area contributed by atoms with Crippen LogP contribution < -0.4 is 15.1 Å². The first-order valence-electron chi connectivity index (χ1n) is 17.0. The topological polar surface area (TPSA) is 129 Å². The molecule has 0 bridgehead atoms. The zero-order chi connectivity index (χ0) is 39.1. The molecule has 0 radical (unpaired) electrons. The van der Waals surface area contributed by atoms with E-state index in [0.29, 0.717) is 39.7 Å². The number of anilines is 2. The van der Waals surface area contributed by atoms with Gasteiger partial charge in [0.2, 0.25) is 11.8 Å². The number of alkyl halides is 3. The van der Waals surface area contributed by atoms with Crippen molar-refractivity contribution in [3.05, 3.63) is 121 Å². The van der Waals surface area contributed by atoms with Gasteiger partial charge >= 0.3 is 6.18 Å². The highest BCUT2D eigenvalue weighted by Crippen LogP contribution is 2.64. The minimum atomic E-state index is -4.75. The number of aromatic hydroxyl groups is 1. The van der Waals surface area contributed by atoms with Crippen LogP contribution in [0.2, 0.25) is 10.0 Å². The number of methoxy groups -OCH3 is 1. The van der Waals surface area contributed by atoms with E-state index in [4.69, 9.17) is 27.9 Å². The summed E-state index contributed by atoms with van der Waals surface area (Å²) < 4.78 is 46.8. The molecule has 3 aromatic carbocycles. The number of amides is 4. The Morgan fingerprint density at radius 1 is 0.945 bits per heavy atom. The standard InChI is InChI=1S/C39H28Cl2F3IN4O6/c1-55-30-14-18(2-13-29(30)50)32-24-11-12-25-31(36(53)48(34(25)51)23-9-7-22(45)8-10-23)26(24)16-27-35(52)49(37(54)38(27,32)19-3-5-21(40)6-4-19)47-33-28(41)15-20(17-46-33)39(42,43)44/h2-11,13-15,17,25-27,31-32,50H,12,16H2,1H3,(H,46,47). The van der Waals surface area contributed by atoms with E-state index in [1.807, 2.05) is 6.08 Å². The number of phenolic OH excluding ortho intramolecular Hbond substituents is 1. The third kappa shape index (κ3) is 5.77. The molecule has 4 aromatic rings. The lowest BCUT2D eigenvalue weighted by Gasteiger charge is -2.50. The molecule has 3 fully saturated rings.